The van der Waals surface area contributed by atoms with Crippen molar-refractivity contribution < 1.29 is 0 Å². The highest BCUT2D eigenvalue weighted by molar-refractivity contribution is 5.29. The van der Waals surface area contributed by atoms with E-state index in [9.17, 15) is 0 Å². The van der Waals surface area contributed by atoms with Gasteiger partial charge >= 0.3 is 0 Å². The summed E-state index contributed by atoms with van der Waals surface area (Å²) in [7, 11) is 0. The lowest BCUT2D eigenvalue weighted by Crippen LogP contribution is -1.99. The Balaban J connectivity index is 2.71. The number of nitrogens with two attached hydrogens (primary N) is 1. The Morgan fingerprint density at radius 2 is 2.30 bits per heavy atom. The van der Waals surface area contributed by atoms with Crippen LogP contribution in [0.5, 0.6) is 0 Å². The van der Waals surface area contributed by atoms with Gasteiger partial charge in [-0.3, -0.25) is 0 Å². The standard InChI is InChI=1S/C9H13N/c1-8-3-2-4-9(7-10)6-5-8/h2-6,8H,7,10H2,1H3. The molecule has 54 valence electrons. The van der Waals surface area contributed by atoms with Gasteiger partial charge in [-0.05, 0) is 11.5 Å². The van der Waals surface area contributed by atoms with E-state index in [1.807, 2.05) is 0 Å². The lowest BCUT2D eigenvalue weighted by atomic mass is 10.1. The van der Waals surface area contributed by atoms with Gasteiger partial charge in [-0.1, -0.05) is 37.3 Å². The van der Waals surface area contributed by atoms with Crippen molar-refractivity contribution in [2.45, 2.75) is 6.92 Å². The van der Waals surface area contributed by atoms with Crippen molar-refractivity contribution >= 4 is 0 Å². The minimum atomic E-state index is 0.542. The fourth-order valence-corrected chi connectivity index (χ4v) is 0.886. The molecule has 1 unspecified atom stereocenters. The van der Waals surface area contributed by atoms with Crippen LogP contribution in [0.15, 0.2) is 36.0 Å². The van der Waals surface area contributed by atoms with Gasteiger partial charge in [-0.2, -0.15) is 0 Å². The van der Waals surface area contributed by atoms with Crippen molar-refractivity contribution in [1.82, 2.24) is 0 Å². The van der Waals surface area contributed by atoms with Crippen LogP contribution in [-0.4, -0.2) is 6.54 Å². The third kappa shape index (κ3) is 1.85. The normalized spacial score (nSPS) is 24.2. The second-order valence-electron chi connectivity index (χ2n) is 2.55. The van der Waals surface area contributed by atoms with E-state index in [4.69, 9.17) is 5.73 Å². The zero-order valence-electron chi connectivity index (χ0n) is 6.25. The van der Waals surface area contributed by atoms with E-state index in [1.165, 1.54) is 5.57 Å². The van der Waals surface area contributed by atoms with Crippen LogP contribution in [0.25, 0.3) is 0 Å². The Morgan fingerprint density at radius 3 is 3.00 bits per heavy atom. The first kappa shape index (κ1) is 7.29. The average molecular weight is 135 g/mol. The van der Waals surface area contributed by atoms with Gasteiger partial charge in [0, 0.05) is 6.54 Å². The molecule has 0 saturated heterocycles. The van der Waals surface area contributed by atoms with Gasteiger partial charge in [0.25, 0.3) is 0 Å². The maximum absolute atomic E-state index is 5.46. The summed E-state index contributed by atoms with van der Waals surface area (Å²) in [5.41, 5.74) is 6.66. The Hall–Kier alpha value is -0.820. The van der Waals surface area contributed by atoms with Crippen molar-refractivity contribution in [3.8, 4) is 0 Å². The third-order valence-corrected chi connectivity index (χ3v) is 1.57. The maximum atomic E-state index is 5.46. The first-order valence-electron chi connectivity index (χ1n) is 3.58. The Labute approximate surface area is 61.9 Å². The molecule has 0 aromatic carbocycles. The van der Waals surface area contributed by atoms with Gasteiger partial charge in [0.2, 0.25) is 0 Å². The van der Waals surface area contributed by atoms with Crippen LogP contribution in [-0.2, 0) is 0 Å². The molecule has 2 N–H and O–H groups in total. The minimum absolute atomic E-state index is 0.542. The lowest BCUT2D eigenvalue weighted by molar-refractivity contribution is 0.941. The van der Waals surface area contributed by atoms with Crippen LogP contribution < -0.4 is 5.73 Å². The van der Waals surface area contributed by atoms with E-state index < -0.39 is 0 Å². The summed E-state index contributed by atoms with van der Waals surface area (Å²) in [6.45, 7) is 2.79. The Morgan fingerprint density at radius 1 is 1.50 bits per heavy atom. The van der Waals surface area contributed by atoms with Gasteiger partial charge in [0.05, 0.1) is 0 Å². The molecular formula is C9H13N. The predicted octanol–water partition coefficient (Wildman–Crippen LogP) is 1.63. The molecule has 1 atom stereocenters. The molecule has 0 radical (unpaired) electrons. The van der Waals surface area contributed by atoms with E-state index in [1.54, 1.807) is 0 Å². The molecule has 1 nitrogen and oxygen atoms in total. The molecule has 0 bridgehead atoms. The SMILES string of the molecule is CC1C=CC=C(CN)C=C1. The molecule has 1 aliphatic rings. The van der Waals surface area contributed by atoms with E-state index in [0.717, 1.165) is 0 Å². The van der Waals surface area contributed by atoms with Crippen molar-refractivity contribution in [1.29, 1.82) is 0 Å². The lowest BCUT2D eigenvalue weighted by Gasteiger charge is -1.93. The molecular weight excluding hydrogens is 122 g/mol. The molecule has 1 aliphatic carbocycles. The zero-order valence-corrected chi connectivity index (χ0v) is 6.25. The fourth-order valence-electron chi connectivity index (χ4n) is 0.886. The van der Waals surface area contributed by atoms with Crippen molar-refractivity contribution in [3.63, 3.8) is 0 Å². The quantitative estimate of drug-likeness (QED) is 0.581. The highest BCUT2D eigenvalue weighted by Gasteiger charge is 1.93. The number of hydrogen-bond acceptors (Lipinski definition) is 1. The van der Waals surface area contributed by atoms with Crippen molar-refractivity contribution in [2.24, 2.45) is 11.7 Å². The molecule has 1 heteroatoms. The summed E-state index contributed by atoms with van der Waals surface area (Å²) in [5.74, 6) is 0.542. The zero-order chi connectivity index (χ0) is 7.40. The third-order valence-electron chi connectivity index (χ3n) is 1.57. The van der Waals surface area contributed by atoms with Crippen LogP contribution in [0.2, 0.25) is 0 Å². The minimum Gasteiger partial charge on any atom is -0.326 e. The van der Waals surface area contributed by atoms with E-state index in [2.05, 4.69) is 37.3 Å². The molecule has 10 heavy (non-hydrogen) atoms. The molecule has 0 heterocycles. The van der Waals surface area contributed by atoms with Gasteiger partial charge < -0.3 is 5.73 Å². The topological polar surface area (TPSA) is 26.0 Å². The first-order chi connectivity index (χ1) is 4.83. The largest absolute Gasteiger partial charge is 0.326 e. The van der Waals surface area contributed by atoms with Gasteiger partial charge in [-0.25, -0.2) is 0 Å². The molecule has 0 saturated carbocycles. The van der Waals surface area contributed by atoms with E-state index in [-0.39, 0.29) is 0 Å². The van der Waals surface area contributed by atoms with Crippen molar-refractivity contribution in [2.75, 3.05) is 6.54 Å². The second kappa shape index (κ2) is 3.37. The summed E-state index contributed by atoms with van der Waals surface area (Å²) in [5, 5.41) is 0. The van der Waals surface area contributed by atoms with Gasteiger partial charge in [-0.15, -0.1) is 0 Å². The highest BCUT2D eigenvalue weighted by Crippen LogP contribution is 2.07. The van der Waals surface area contributed by atoms with Gasteiger partial charge in [0.15, 0.2) is 0 Å². The summed E-state index contributed by atoms with van der Waals surface area (Å²) >= 11 is 0. The number of hydrogen-bond donors (Lipinski definition) is 1. The monoisotopic (exact) mass is 135 g/mol. The molecule has 1 rings (SSSR count). The maximum Gasteiger partial charge on any atom is 0.0177 e. The fraction of sp³-hybridized carbons (Fsp3) is 0.333. The summed E-state index contributed by atoms with van der Waals surface area (Å²) < 4.78 is 0. The molecule has 0 aromatic rings. The van der Waals surface area contributed by atoms with Crippen LogP contribution in [0.1, 0.15) is 6.92 Å². The Kier molecular flexibility index (Phi) is 2.46. The van der Waals surface area contributed by atoms with Crippen molar-refractivity contribution in [3.05, 3.63) is 36.0 Å². The molecule has 0 aliphatic heterocycles. The van der Waals surface area contributed by atoms with E-state index in [0.29, 0.717) is 12.5 Å². The predicted molar refractivity (Wildman–Crippen MR) is 44.6 cm³/mol. The van der Waals surface area contributed by atoms with Crippen LogP contribution in [0.3, 0.4) is 0 Å². The van der Waals surface area contributed by atoms with Crippen LogP contribution >= 0.6 is 0 Å². The molecule has 0 spiro atoms. The first-order valence-corrected chi connectivity index (χ1v) is 3.58. The smallest absolute Gasteiger partial charge is 0.0177 e. The number of rotatable bonds is 1. The average Bonchev–Trinajstić information content (AvgIpc) is 2.14. The van der Waals surface area contributed by atoms with Crippen LogP contribution in [0.4, 0.5) is 0 Å². The summed E-state index contributed by atoms with van der Waals surface area (Å²) in [6, 6.07) is 0. The van der Waals surface area contributed by atoms with Gasteiger partial charge in [0.1, 0.15) is 0 Å². The summed E-state index contributed by atoms with van der Waals surface area (Å²) in [6.07, 6.45) is 10.5. The van der Waals surface area contributed by atoms with E-state index >= 15 is 0 Å². The molecule has 0 aromatic heterocycles. The van der Waals surface area contributed by atoms with Crippen LogP contribution in [0, 0.1) is 5.92 Å². The Bertz CT molecular complexity index is 187. The molecule has 0 amide bonds. The highest BCUT2D eigenvalue weighted by atomic mass is 14.5. The second-order valence-corrected chi connectivity index (χ2v) is 2.55. The summed E-state index contributed by atoms with van der Waals surface area (Å²) in [4.78, 5) is 0. The molecule has 0 fully saturated rings. The number of allylic oxidation sites excluding steroid dienone is 4.